The molecule has 3 nitrogen and oxygen atoms in total. The summed E-state index contributed by atoms with van der Waals surface area (Å²) in [4.78, 5) is 10.7. The normalized spacial score (nSPS) is 22.2. The summed E-state index contributed by atoms with van der Waals surface area (Å²) in [5.74, 6) is -0.303. The van der Waals surface area contributed by atoms with Crippen molar-refractivity contribution in [1.29, 1.82) is 0 Å². The number of hydrogen-bond donors (Lipinski definition) is 1. The molecule has 1 aliphatic rings. The second-order valence-corrected chi connectivity index (χ2v) is 4.69. The molecule has 18 heavy (non-hydrogen) atoms. The van der Waals surface area contributed by atoms with Crippen LogP contribution in [0.1, 0.15) is 18.4 Å². The van der Waals surface area contributed by atoms with E-state index in [4.69, 9.17) is 9.84 Å². The van der Waals surface area contributed by atoms with Crippen LogP contribution in [0, 0.1) is 11.8 Å². The minimum Gasteiger partial charge on any atom is -0.481 e. The number of aliphatic carboxylic acids is 1. The van der Waals surface area contributed by atoms with Crippen molar-refractivity contribution in [3.8, 4) is 0 Å². The van der Waals surface area contributed by atoms with Gasteiger partial charge in [0.15, 0.2) is 0 Å². The Balaban J connectivity index is 1.75. The first-order chi connectivity index (χ1) is 8.75. The lowest BCUT2D eigenvalue weighted by Gasteiger charge is -2.17. The summed E-state index contributed by atoms with van der Waals surface area (Å²) < 4.78 is 5.68. The maximum Gasteiger partial charge on any atom is 0.303 e. The lowest BCUT2D eigenvalue weighted by Crippen LogP contribution is -2.18. The van der Waals surface area contributed by atoms with Crippen LogP contribution in [0.15, 0.2) is 42.5 Å². The van der Waals surface area contributed by atoms with Gasteiger partial charge in [-0.2, -0.15) is 0 Å². The smallest absolute Gasteiger partial charge is 0.303 e. The van der Waals surface area contributed by atoms with Gasteiger partial charge in [-0.15, -0.1) is 0 Å². The summed E-state index contributed by atoms with van der Waals surface area (Å²) in [6.45, 7) is 1.22. The molecule has 2 rings (SSSR count). The summed E-state index contributed by atoms with van der Waals surface area (Å²) in [6, 6.07) is 10.0. The Morgan fingerprint density at radius 2 is 2.11 bits per heavy atom. The fourth-order valence-electron chi connectivity index (χ4n) is 2.29. The van der Waals surface area contributed by atoms with Crippen molar-refractivity contribution in [3.05, 3.63) is 48.0 Å². The lowest BCUT2D eigenvalue weighted by atomic mass is 9.93. The minimum atomic E-state index is -0.736. The van der Waals surface area contributed by atoms with Crippen LogP contribution in [-0.4, -0.2) is 17.7 Å². The number of ether oxygens (including phenoxy) is 1. The Morgan fingerprint density at radius 3 is 2.83 bits per heavy atom. The topological polar surface area (TPSA) is 46.5 Å². The van der Waals surface area contributed by atoms with Crippen LogP contribution in [0.25, 0.3) is 0 Å². The zero-order valence-electron chi connectivity index (χ0n) is 10.3. The summed E-state index contributed by atoms with van der Waals surface area (Å²) in [7, 11) is 0. The lowest BCUT2D eigenvalue weighted by molar-refractivity contribution is -0.138. The number of benzene rings is 1. The van der Waals surface area contributed by atoms with E-state index in [9.17, 15) is 4.79 Å². The van der Waals surface area contributed by atoms with E-state index < -0.39 is 5.97 Å². The summed E-state index contributed by atoms with van der Waals surface area (Å²) in [5.41, 5.74) is 1.15. The quantitative estimate of drug-likeness (QED) is 0.785. The molecule has 0 aromatic heterocycles. The maximum atomic E-state index is 10.7. The molecule has 96 valence electrons. The molecule has 0 heterocycles. The molecule has 1 aromatic rings. The van der Waals surface area contributed by atoms with E-state index >= 15 is 0 Å². The highest BCUT2D eigenvalue weighted by atomic mass is 16.5. The Bertz CT molecular complexity index is 411. The van der Waals surface area contributed by atoms with E-state index in [2.05, 4.69) is 6.08 Å². The molecule has 0 spiro atoms. The predicted molar refractivity (Wildman–Crippen MR) is 69.1 cm³/mol. The Kier molecular flexibility index (Phi) is 4.53. The molecule has 0 bridgehead atoms. The standard InChI is InChI=1S/C15H18O3/c16-15(17)9-13-7-4-8-14(13)11-18-10-12-5-2-1-3-6-12/h1-7,13-14H,8-11H2,(H,16,17)/t13-,14+/m1/s1. The van der Waals surface area contributed by atoms with Gasteiger partial charge in [-0.3, -0.25) is 4.79 Å². The van der Waals surface area contributed by atoms with Crippen molar-refractivity contribution in [2.75, 3.05) is 6.61 Å². The average Bonchev–Trinajstić information content (AvgIpc) is 2.77. The van der Waals surface area contributed by atoms with Crippen molar-refractivity contribution >= 4 is 5.97 Å². The molecule has 0 saturated carbocycles. The number of allylic oxidation sites excluding steroid dienone is 2. The van der Waals surface area contributed by atoms with Gasteiger partial charge in [0, 0.05) is 0 Å². The molecule has 0 amide bonds. The van der Waals surface area contributed by atoms with Gasteiger partial charge >= 0.3 is 5.97 Å². The SMILES string of the molecule is O=C(O)C[C@H]1C=CC[C@H]1COCc1ccccc1. The zero-order valence-corrected chi connectivity index (χ0v) is 10.3. The van der Waals surface area contributed by atoms with Gasteiger partial charge in [-0.05, 0) is 23.8 Å². The van der Waals surface area contributed by atoms with Gasteiger partial charge < -0.3 is 9.84 Å². The molecule has 3 heteroatoms. The van der Waals surface area contributed by atoms with Crippen molar-refractivity contribution in [3.63, 3.8) is 0 Å². The first-order valence-electron chi connectivity index (χ1n) is 6.26. The molecule has 0 aliphatic heterocycles. The minimum absolute atomic E-state index is 0.123. The molecule has 1 aliphatic carbocycles. The summed E-state index contributed by atoms with van der Waals surface area (Å²) in [5, 5.41) is 8.82. The maximum absolute atomic E-state index is 10.7. The van der Waals surface area contributed by atoms with Crippen LogP contribution in [0.2, 0.25) is 0 Å². The molecule has 0 fully saturated rings. The largest absolute Gasteiger partial charge is 0.481 e. The Morgan fingerprint density at radius 1 is 1.33 bits per heavy atom. The highest BCUT2D eigenvalue weighted by Crippen LogP contribution is 2.28. The molecule has 1 aromatic carbocycles. The monoisotopic (exact) mass is 246 g/mol. The van der Waals surface area contributed by atoms with Crippen molar-refractivity contribution in [1.82, 2.24) is 0 Å². The second kappa shape index (κ2) is 6.36. The van der Waals surface area contributed by atoms with Gasteiger partial charge in [0.1, 0.15) is 0 Å². The van der Waals surface area contributed by atoms with E-state index in [1.54, 1.807) is 0 Å². The van der Waals surface area contributed by atoms with E-state index in [1.807, 2.05) is 36.4 Å². The highest BCUT2D eigenvalue weighted by molar-refractivity contribution is 5.67. The van der Waals surface area contributed by atoms with Crippen LogP contribution >= 0.6 is 0 Å². The third-order valence-corrected chi connectivity index (χ3v) is 3.28. The predicted octanol–water partition coefficient (Wildman–Crippen LogP) is 2.87. The molecule has 0 radical (unpaired) electrons. The Hall–Kier alpha value is -1.61. The molecular formula is C15H18O3. The van der Waals surface area contributed by atoms with Crippen LogP contribution in [-0.2, 0) is 16.1 Å². The van der Waals surface area contributed by atoms with Crippen LogP contribution in [0.3, 0.4) is 0 Å². The number of hydrogen-bond acceptors (Lipinski definition) is 2. The summed E-state index contributed by atoms with van der Waals surface area (Å²) >= 11 is 0. The third-order valence-electron chi connectivity index (χ3n) is 3.28. The van der Waals surface area contributed by atoms with Crippen LogP contribution in [0.5, 0.6) is 0 Å². The zero-order chi connectivity index (χ0) is 12.8. The van der Waals surface area contributed by atoms with Gasteiger partial charge in [0.05, 0.1) is 19.6 Å². The average molecular weight is 246 g/mol. The van der Waals surface area contributed by atoms with Gasteiger partial charge in [-0.1, -0.05) is 42.5 Å². The summed E-state index contributed by atoms with van der Waals surface area (Å²) in [6.07, 6.45) is 5.19. The van der Waals surface area contributed by atoms with Gasteiger partial charge in [-0.25, -0.2) is 0 Å². The van der Waals surface area contributed by atoms with Gasteiger partial charge in [0.25, 0.3) is 0 Å². The molecule has 1 N–H and O–H groups in total. The van der Waals surface area contributed by atoms with Crippen molar-refractivity contribution in [2.45, 2.75) is 19.4 Å². The fraction of sp³-hybridized carbons (Fsp3) is 0.400. The van der Waals surface area contributed by atoms with Crippen molar-refractivity contribution in [2.24, 2.45) is 11.8 Å². The number of carbonyl (C=O) groups is 1. The van der Waals surface area contributed by atoms with Crippen LogP contribution in [0.4, 0.5) is 0 Å². The van der Waals surface area contributed by atoms with Crippen LogP contribution < -0.4 is 0 Å². The highest BCUT2D eigenvalue weighted by Gasteiger charge is 2.24. The molecule has 0 unspecified atom stereocenters. The number of carboxylic acids is 1. The van der Waals surface area contributed by atoms with E-state index in [1.165, 1.54) is 0 Å². The first-order valence-corrected chi connectivity index (χ1v) is 6.26. The third kappa shape index (κ3) is 3.70. The van der Waals surface area contributed by atoms with E-state index in [0.29, 0.717) is 19.1 Å². The molecule has 0 saturated heterocycles. The van der Waals surface area contributed by atoms with Gasteiger partial charge in [0.2, 0.25) is 0 Å². The van der Waals surface area contributed by atoms with Crippen molar-refractivity contribution < 1.29 is 14.6 Å². The molecular weight excluding hydrogens is 228 g/mol. The fourth-order valence-corrected chi connectivity index (χ4v) is 2.29. The number of rotatable bonds is 6. The Labute approximate surface area is 107 Å². The first kappa shape index (κ1) is 12.8. The second-order valence-electron chi connectivity index (χ2n) is 4.69. The molecule has 2 atom stereocenters. The number of carboxylic acid groups (broad SMARTS) is 1. The van der Waals surface area contributed by atoms with E-state index in [0.717, 1.165) is 12.0 Å². The van der Waals surface area contributed by atoms with E-state index in [-0.39, 0.29) is 12.3 Å².